The molecule has 0 fully saturated rings. The van der Waals surface area contributed by atoms with Gasteiger partial charge in [0, 0.05) is 13.6 Å². The van der Waals surface area contributed by atoms with E-state index in [1.807, 2.05) is 24.3 Å². The van der Waals surface area contributed by atoms with Crippen LogP contribution in [0.4, 0.5) is 0 Å². The number of rotatable bonds is 4. The van der Waals surface area contributed by atoms with Crippen molar-refractivity contribution < 1.29 is 8.42 Å². The summed E-state index contributed by atoms with van der Waals surface area (Å²) in [6, 6.07) is 13.9. The molecule has 4 nitrogen and oxygen atoms in total. The summed E-state index contributed by atoms with van der Waals surface area (Å²) in [6.07, 6.45) is 1.48. The number of hydrogen-bond acceptors (Lipinski definition) is 3. The average Bonchev–Trinajstić information content (AvgIpc) is 2.41. The highest BCUT2D eigenvalue weighted by Gasteiger charge is 2.11. The zero-order chi connectivity index (χ0) is 14.6. The Morgan fingerprint density at radius 1 is 1.10 bits per heavy atom. The number of hydrazone groups is 1. The van der Waals surface area contributed by atoms with Gasteiger partial charge in [-0.3, -0.25) is 0 Å². The van der Waals surface area contributed by atoms with Crippen LogP contribution in [0.5, 0.6) is 0 Å². The van der Waals surface area contributed by atoms with Gasteiger partial charge in [-0.25, -0.2) is 4.83 Å². The molecule has 0 atom stereocenters. The summed E-state index contributed by atoms with van der Waals surface area (Å²) in [5, 5.41) is 3.79. The Bertz CT molecular complexity index is 730. The third kappa shape index (κ3) is 4.03. The van der Waals surface area contributed by atoms with Crippen molar-refractivity contribution in [2.75, 3.05) is 0 Å². The van der Waals surface area contributed by atoms with Crippen molar-refractivity contribution in [3.05, 3.63) is 62.1 Å². The predicted octanol–water partition coefficient (Wildman–Crippen LogP) is 3.37. The normalized spacial score (nSPS) is 11.7. The number of nitrogens with zero attached hydrogens (tertiary/aromatic N) is 1. The second kappa shape index (κ2) is 6.68. The van der Waals surface area contributed by atoms with Gasteiger partial charge in [-0.2, -0.15) is 13.5 Å². The topological polar surface area (TPSA) is 58.5 Å². The van der Waals surface area contributed by atoms with Gasteiger partial charge in [-0.1, -0.05) is 34.1 Å². The van der Waals surface area contributed by atoms with Crippen molar-refractivity contribution in [1.82, 2.24) is 4.83 Å². The van der Waals surface area contributed by atoms with Crippen molar-refractivity contribution in [3.8, 4) is 0 Å². The molecule has 0 bridgehead atoms. The molecule has 2 rings (SSSR count). The van der Waals surface area contributed by atoms with Crippen LogP contribution in [-0.2, 0) is 10.0 Å². The molecule has 0 unspecified atom stereocenters. The third-order valence-electron chi connectivity index (χ3n) is 2.41. The van der Waals surface area contributed by atoms with Crippen LogP contribution in [0.2, 0.25) is 0 Å². The first kappa shape index (κ1) is 15.5. The minimum absolute atomic E-state index is 0.167. The Balaban J connectivity index is 2.14. The molecule has 0 aliphatic carbocycles. The molecule has 0 aliphatic heterocycles. The third-order valence-corrected chi connectivity index (χ3v) is 5.16. The highest BCUT2D eigenvalue weighted by atomic mass is 127. The van der Waals surface area contributed by atoms with Gasteiger partial charge >= 0.3 is 0 Å². The first-order valence-corrected chi connectivity index (χ1v) is 8.89. The Hall–Kier alpha value is -0.930. The lowest BCUT2D eigenvalue weighted by Crippen LogP contribution is -2.18. The van der Waals surface area contributed by atoms with E-state index < -0.39 is 10.0 Å². The van der Waals surface area contributed by atoms with Crippen molar-refractivity contribution in [1.29, 1.82) is 0 Å². The van der Waals surface area contributed by atoms with Gasteiger partial charge in [0.2, 0.25) is 0 Å². The fourth-order valence-corrected chi connectivity index (χ4v) is 2.99. The molecule has 0 heterocycles. The predicted molar refractivity (Wildman–Crippen MR) is 91.2 cm³/mol. The molecule has 2 aromatic rings. The summed E-state index contributed by atoms with van der Waals surface area (Å²) in [6.45, 7) is 0. The van der Waals surface area contributed by atoms with Gasteiger partial charge in [0.25, 0.3) is 10.0 Å². The number of halogens is 2. The van der Waals surface area contributed by atoms with E-state index in [1.165, 1.54) is 18.3 Å². The van der Waals surface area contributed by atoms with Crippen molar-refractivity contribution >= 4 is 54.8 Å². The molecule has 2 aromatic carbocycles. The van der Waals surface area contributed by atoms with Gasteiger partial charge in [-0.05, 0) is 52.9 Å². The summed E-state index contributed by atoms with van der Waals surface area (Å²) in [5.41, 5.74) is 0.853. The van der Waals surface area contributed by atoms with E-state index >= 15 is 0 Å². The molecule has 0 aliphatic rings. The van der Waals surface area contributed by atoms with Gasteiger partial charge in [0.05, 0.1) is 11.1 Å². The smallest absolute Gasteiger partial charge is 0.200 e. The molecule has 0 spiro atoms. The Morgan fingerprint density at radius 3 is 2.40 bits per heavy atom. The van der Waals surface area contributed by atoms with Crippen molar-refractivity contribution in [2.24, 2.45) is 5.10 Å². The quantitative estimate of drug-likeness (QED) is 0.428. The SMILES string of the molecule is O=S(=O)(N/N=C/c1ccccc1I)c1ccc(Br)cc1. The lowest BCUT2D eigenvalue weighted by molar-refractivity contribution is 0.584. The molecular weight excluding hydrogens is 455 g/mol. The van der Waals surface area contributed by atoms with E-state index in [0.29, 0.717) is 0 Å². The molecule has 0 saturated heterocycles. The molecule has 0 amide bonds. The van der Waals surface area contributed by atoms with Gasteiger partial charge in [0.1, 0.15) is 0 Å². The van der Waals surface area contributed by atoms with E-state index in [0.717, 1.165) is 13.6 Å². The number of sulfonamides is 1. The first-order valence-electron chi connectivity index (χ1n) is 5.54. The summed E-state index contributed by atoms with van der Waals surface area (Å²) >= 11 is 5.42. The lowest BCUT2D eigenvalue weighted by atomic mass is 10.2. The molecule has 0 aromatic heterocycles. The number of benzene rings is 2. The van der Waals surface area contributed by atoms with Crippen LogP contribution >= 0.6 is 38.5 Å². The standard InChI is InChI=1S/C13H10BrIN2O2S/c14-11-5-7-12(8-6-11)20(18,19)17-16-9-10-3-1-2-4-13(10)15/h1-9,17H/b16-9+. The lowest BCUT2D eigenvalue weighted by Gasteiger charge is -2.03. The monoisotopic (exact) mass is 464 g/mol. The molecule has 20 heavy (non-hydrogen) atoms. The van der Waals surface area contributed by atoms with E-state index in [2.05, 4.69) is 48.5 Å². The van der Waals surface area contributed by atoms with Crippen molar-refractivity contribution in [2.45, 2.75) is 4.90 Å². The van der Waals surface area contributed by atoms with E-state index in [9.17, 15) is 8.42 Å². The average molecular weight is 465 g/mol. The van der Waals surface area contributed by atoms with Crippen LogP contribution in [0, 0.1) is 3.57 Å². The number of nitrogens with one attached hydrogen (secondary N) is 1. The van der Waals surface area contributed by atoms with Gasteiger partial charge in [-0.15, -0.1) is 0 Å². The van der Waals surface area contributed by atoms with Crippen LogP contribution in [-0.4, -0.2) is 14.6 Å². The summed E-state index contributed by atoms with van der Waals surface area (Å²) in [4.78, 5) is 2.36. The molecule has 7 heteroatoms. The van der Waals surface area contributed by atoms with Crippen LogP contribution in [0.15, 0.2) is 63.0 Å². The van der Waals surface area contributed by atoms with E-state index in [4.69, 9.17) is 0 Å². The zero-order valence-corrected chi connectivity index (χ0v) is 14.7. The molecular formula is C13H10BrIN2O2S. The fraction of sp³-hybridized carbons (Fsp3) is 0. The number of hydrogen-bond donors (Lipinski definition) is 1. The van der Waals surface area contributed by atoms with Crippen LogP contribution < -0.4 is 4.83 Å². The van der Waals surface area contributed by atoms with Gasteiger partial charge < -0.3 is 0 Å². The first-order chi connectivity index (χ1) is 9.49. The van der Waals surface area contributed by atoms with Crippen LogP contribution in [0.3, 0.4) is 0 Å². The molecule has 1 N–H and O–H groups in total. The Kier molecular flexibility index (Phi) is 5.17. The van der Waals surface area contributed by atoms with E-state index in [1.54, 1.807) is 12.1 Å². The largest absolute Gasteiger partial charge is 0.276 e. The molecule has 0 saturated carbocycles. The minimum atomic E-state index is -3.63. The summed E-state index contributed by atoms with van der Waals surface area (Å²) < 4.78 is 25.8. The Labute approximate surface area is 139 Å². The summed E-state index contributed by atoms with van der Waals surface area (Å²) in [7, 11) is -3.63. The minimum Gasteiger partial charge on any atom is -0.200 e. The molecule has 104 valence electrons. The van der Waals surface area contributed by atoms with Crippen LogP contribution in [0.25, 0.3) is 0 Å². The van der Waals surface area contributed by atoms with Crippen molar-refractivity contribution in [3.63, 3.8) is 0 Å². The maximum atomic E-state index is 12.0. The van der Waals surface area contributed by atoms with E-state index in [-0.39, 0.29) is 4.90 Å². The highest BCUT2D eigenvalue weighted by molar-refractivity contribution is 14.1. The second-order valence-electron chi connectivity index (χ2n) is 3.83. The zero-order valence-electron chi connectivity index (χ0n) is 10.1. The summed E-state index contributed by atoms with van der Waals surface area (Å²) in [5.74, 6) is 0. The Morgan fingerprint density at radius 2 is 1.75 bits per heavy atom. The highest BCUT2D eigenvalue weighted by Crippen LogP contribution is 2.14. The fourth-order valence-electron chi connectivity index (χ4n) is 1.41. The maximum absolute atomic E-state index is 12.0. The second-order valence-corrected chi connectivity index (χ2v) is 7.57. The molecule has 0 radical (unpaired) electrons. The van der Waals surface area contributed by atoms with Crippen LogP contribution in [0.1, 0.15) is 5.56 Å². The van der Waals surface area contributed by atoms with Gasteiger partial charge in [0.15, 0.2) is 0 Å². The maximum Gasteiger partial charge on any atom is 0.276 e.